The normalized spacial score (nSPS) is 16.4. The van der Waals surface area contributed by atoms with Gasteiger partial charge in [-0.05, 0) is 50.8 Å². The van der Waals surface area contributed by atoms with E-state index in [1.807, 2.05) is 30.3 Å². The van der Waals surface area contributed by atoms with E-state index in [2.05, 4.69) is 10.3 Å². The number of hydrogen-bond donors (Lipinski definition) is 2. The van der Waals surface area contributed by atoms with Gasteiger partial charge in [0.1, 0.15) is 17.3 Å². The van der Waals surface area contributed by atoms with Crippen molar-refractivity contribution in [3.63, 3.8) is 0 Å². The monoisotopic (exact) mass is 535 g/mol. The van der Waals surface area contributed by atoms with Gasteiger partial charge in [-0.25, -0.2) is 14.5 Å². The number of urea groups is 1. The lowest BCUT2D eigenvalue weighted by atomic mass is 9.94. The van der Waals surface area contributed by atoms with E-state index < -0.39 is 29.7 Å². The Morgan fingerprint density at radius 1 is 1.13 bits per heavy atom. The number of fused-ring (bicyclic) bond motifs is 1. The van der Waals surface area contributed by atoms with Gasteiger partial charge in [0, 0.05) is 43.4 Å². The highest BCUT2D eigenvalue weighted by molar-refractivity contribution is 5.97. The van der Waals surface area contributed by atoms with Crippen molar-refractivity contribution < 1.29 is 23.9 Å². The van der Waals surface area contributed by atoms with E-state index in [0.717, 1.165) is 46.4 Å². The van der Waals surface area contributed by atoms with Gasteiger partial charge in [0.15, 0.2) is 0 Å². The van der Waals surface area contributed by atoms with Crippen LogP contribution in [-0.2, 0) is 22.5 Å². The summed E-state index contributed by atoms with van der Waals surface area (Å²) in [6.45, 7) is 5.76. The third-order valence-corrected chi connectivity index (χ3v) is 7.04. The van der Waals surface area contributed by atoms with Crippen molar-refractivity contribution in [1.82, 2.24) is 20.1 Å². The van der Waals surface area contributed by atoms with Crippen molar-refractivity contribution in [2.45, 2.75) is 83.5 Å². The second-order valence-electron chi connectivity index (χ2n) is 11.3. The Hall–Kier alpha value is -3.95. The van der Waals surface area contributed by atoms with Crippen molar-refractivity contribution in [3.05, 3.63) is 53.3 Å². The fourth-order valence-electron chi connectivity index (χ4n) is 5.05. The van der Waals surface area contributed by atoms with Crippen molar-refractivity contribution in [2.24, 2.45) is 5.73 Å². The minimum absolute atomic E-state index is 0.0832. The zero-order valence-electron chi connectivity index (χ0n) is 23.0. The van der Waals surface area contributed by atoms with Gasteiger partial charge < -0.3 is 20.7 Å². The zero-order chi connectivity index (χ0) is 28.3. The smallest absolute Gasteiger partial charge is 0.418 e. The number of aromatic nitrogens is 1. The summed E-state index contributed by atoms with van der Waals surface area (Å²) in [6.07, 6.45) is 5.37. The minimum Gasteiger partial charge on any atom is -0.443 e. The van der Waals surface area contributed by atoms with Crippen molar-refractivity contribution in [3.8, 4) is 11.1 Å². The molecule has 0 unspecified atom stereocenters. The third-order valence-electron chi connectivity index (χ3n) is 7.04. The first-order chi connectivity index (χ1) is 18.4. The second kappa shape index (κ2) is 11.4. The molecule has 1 fully saturated rings. The molecule has 4 rings (SSSR count). The number of nitrogens with zero attached hydrogens (tertiary/aromatic N) is 3. The van der Waals surface area contributed by atoms with Crippen LogP contribution in [0.1, 0.15) is 74.5 Å². The number of nitrogens with two attached hydrogens (primary N) is 1. The molecule has 5 amide bonds. The van der Waals surface area contributed by atoms with E-state index >= 15 is 0 Å². The van der Waals surface area contributed by atoms with Crippen LogP contribution in [0, 0.1) is 0 Å². The van der Waals surface area contributed by atoms with Crippen LogP contribution in [0.5, 0.6) is 0 Å². The van der Waals surface area contributed by atoms with Gasteiger partial charge in [-0.15, -0.1) is 0 Å². The molecule has 2 aromatic rings. The quantitative estimate of drug-likeness (QED) is 0.574. The molecule has 0 saturated heterocycles. The standard InChI is InChI=1S/C29H37N5O5/c1-29(2,3)39-28(38)34(22-8-6-5-7-9-22)27(37)32-23(25(30)35)14-18-10-12-19(13-11-18)20-15-21-17-33(4)26(36)24(21)31-16-20/h10-13,15-16,22-23H,5-9,14,17H2,1-4H3,(H2,30,35)(H,32,37)/t23-/m0/s1. The Kier molecular flexibility index (Phi) is 8.22. The summed E-state index contributed by atoms with van der Waals surface area (Å²) in [6, 6.07) is 7.48. The highest BCUT2D eigenvalue weighted by Crippen LogP contribution is 2.27. The third kappa shape index (κ3) is 6.74. The molecule has 10 nitrogen and oxygen atoms in total. The van der Waals surface area contributed by atoms with Crippen LogP contribution in [0.4, 0.5) is 9.59 Å². The zero-order valence-corrected chi connectivity index (χ0v) is 23.0. The SMILES string of the molecule is CN1Cc2cc(-c3ccc(C[C@H](NC(=O)N(C(=O)OC(C)(C)C)C4CCCCC4)C(N)=O)cc3)cnc2C1=O. The molecule has 1 aliphatic heterocycles. The molecule has 2 aliphatic rings. The maximum Gasteiger partial charge on any atom is 0.418 e. The number of amides is 5. The summed E-state index contributed by atoms with van der Waals surface area (Å²) in [7, 11) is 1.74. The lowest BCUT2D eigenvalue weighted by molar-refractivity contribution is -0.119. The number of primary amides is 1. The first kappa shape index (κ1) is 28.1. The molecule has 0 spiro atoms. The van der Waals surface area contributed by atoms with Crippen molar-refractivity contribution in [1.29, 1.82) is 0 Å². The molecular formula is C29H37N5O5. The topological polar surface area (TPSA) is 135 Å². The Morgan fingerprint density at radius 3 is 2.41 bits per heavy atom. The number of carbonyl (C=O) groups is 4. The van der Waals surface area contributed by atoms with Crippen LogP contribution in [0.2, 0.25) is 0 Å². The Bertz CT molecular complexity index is 1250. The van der Waals surface area contributed by atoms with Crippen LogP contribution in [-0.4, -0.2) is 63.5 Å². The molecule has 0 radical (unpaired) electrons. The fourth-order valence-corrected chi connectivity index (χ4v) is 5.05. The number of rotatable bonds is 6. The van der Waals surface area contributed by atoms with Crippen LogP contribution < -0.4 is 11.1 Å². The van der Waals surface area contributed by atoms with E-state index in [0.29, 0.717) is 25.1 Å². The molecule has 39 heavy (non-hydrogen) atoms. The average Bonchev–Trinajstić information content (AvgIpc) is 3.16. The molecule has 10 heteroatoms. The van der Waals surface area contributed by atoms with Gasteiger partial charge in [-0.2, -0.15) is 0 Å². The molecule has 1 aromatic heterocycles. The van der Waals surface area contributed by atoms with Gasteiger partial charge in [-0.3, -0.25) is 14.6 Å². The molecule has 1 saturated carbocycles. The molecular weight excluding hydrogens is 498 g/mol. The number of carbonyl (C=O) groups excluding carboxylic acids is 4. The summed E-state index contributed by atoms with van der Waals surface area (Å²) < 4.78 is 5.51. The molecule has 1 aromatic carbocycles. The molecule has 0 bridgehead atoms. The summed E-state index contributed by atoms with van der Waals surface area (Å²) in [5, 5.41) is 2.68. The van der Waals surface area contributed by atoms with Crippen LogP contribution in [0.15, 0.2) is 36.5 Å². The van der Waals surface area contributed by atoms with E-state index in [4.69, 9.17) is 10.5 Å². The van der Waals surface area contributed by atoms with Crippen molar-refractivity contribution in [2.75, 3.05) is 7.05 Å². The molecule has 1 atom stereocenters. The maximum atomic E-state index is 13.3. The average molecular weight is 536 g/mol. The predicted molar refractivity (Wildman–Crippen MR) is 146 cm³/mol. The van der Waals surface area contributed by atoms with E-state index in [9.17, 15) is 19.2 Å². The largest absolute Gasteiger partial charge is 0.443 e. The summed E-state index contributed by atoms with van der Waals surface area (Å²) >= 11 is 0. The van der Waals surface area contributed by atoms with Crippen molar-refractivity contribution >= 4 is 23.9 Å². The fraction of sp³-hybridized carbons (Fsp3) is 0.483. The Balaban J connectivity index is 1.47. The number of pyridine rings is 1. The van der Waals surface area contributed by atoms with Crippen LogP contribution in [0.25, 0.3) is 11.1 Å². The van der Waals surface area contributed by atoms with E-state index in [1.54, 1.807) is 38.9 Å². The molecule has 1 aliphatic carbocycles. The summed E-state index contributed by atoms with van der Waals surface area (Å²) in [4.78, 5) is 57.8. The van der Waals surface area contributed by atoms with Gasteiger partial charge in [0.05, 0.1) is 0 Å². The highest BCUT2D eigenvalue weighted by Gasteiger charge is 2.36. The van der Waals surface area contributed by atoms with Crippen LogP contribution in [0.3, 0.4) is 0 Å². The molecule has 3 N–H and O–H groups in total. The van der Waals surface area contributed by atoms with Crippen LogP contribution >= 0.6 is 0 Å². The highest BCUT2D eigenvalue weighted by atomic mass is 16.6. The van der Waals surface area contributed by atoms with Gasteiger partial charge in [0.25, 0.3) is 5.91 Å². The molecule has 2 heterocycles. The first-order valence-electron chi connectivity index (χ1n) is 13.4. The summed E-state index contributed by atoms with van der Waals surface area (Å²) in [5.74, 6) is -0.781. The van der Waals surface area contributed by atoms with Gasteiger partial charge in [-0.1, -0.05) is 43.5 Å². The Morgan fingerprint density at radius 2 is 1.79 bits per heavy atom. The number of benzene rings is 1. The second-order valence-corrected chi connectivity index (χ2v) is 11.3. The minimum atomic E-state index is -1.01. The number of hydrogen-bond acceptors (Lipinski definition) is 6. The van der Waals surface area contributed by atoms with Gasteiger partial charge in [0.2, 0.25) is 5.91 Å². The lowest BCUT2D eigenvalue weighted by Gasteiger charge is -2.34. The summed E-state index contributed by atoms with van der Waals surface area (Å²) in [5.41, 5.74) is 8.82. The lowest BCUT2D eigenvalue weighted by Crippen LogP contribution is -2.56. The number of nitrogens with one attached hydrogen (secondary N) is 1. The maximum absolute atomic E-state index is 13.3. The first-order valence-corrected chi connectivity index (χ1v) is 13.4. The Labute approximate surface area is 228 Å². The van der Waals surface area contributed by atoms with E-state index in [1.165, 1.54) is 0 Å². The number of ether oxygens (including phenoxy) is 1. The van der Waals surface area contributed by atoms with Gasteiger partial charge >= 0.3 is 12.1 Å². The molecule has 208 valence electrons. The predicted octanol–water partition coefficient (Wildman–Crippen LogP) is 4.01. The number of imide groups is 1. The van der Waals surface area contributed by atoms with E-state index in [-0.39, 0.29) is 18.4 Å².